The summed E-state index contributed by atoms with van der Waals surface area (Å²) in [7, 11) is 0. The van der Waals surface area contributed by atoms with Crippen molar-refractivity contribution in [2.75, 3.05) is 13.1 Å². The normalized spacial score (nSPS) is 27.5. The van der Waals surface area contributed by atoms with Crippen molar-refractivity contribution < 1.29 is 0 Å². The van der Waals surface area contributed by atoms with Crippen LogP contribution in [0.25, 0.3) is 0 Å². The molecule has 22 heavy (non-hydrogen) atoms. The van der Waals surface area contributed by atoms with Gasteiger partial charge in [-0.2, -0.15) is 0 Å². The summed E-state index contributed by atoms with van der Waals surface area (Å²) in [5, 5.41) is 0. The Bertz CT molecular complexity index is 325. The van der Waals surface area contributed by atoms with Crippen LogP contribution in [-0.4, -0.2) is 39.6 Å². The molecule has 1 heterocycles. The molecule has 2 rings (SSSR count). The third-order valence-electron chi connectivity index (χ3n) is 6.98. The van der Waals surface area contributed by atoms with Gasteiger partial charge in [-0.1, -0.05) is 46.0 Å². The second kappa shape index (κ2) is 6.81. The Morgan fingerprint density at radius 2 is 1.09 bits per heavy atom. The van der Waals surface area contributed by atoms with Gasteiger partial charge in [0.05, 0.1) is 5.66 Å². The van der Waals surface area contributed by atoms with Crippen molar-refractivity contribution in [3.8, 4) is 0 Å². The van der Waals surface area contributed by atoms with Crippen LogP contribution < -0.4 is 0 Å². The molecule has 1 saturated heterocycles. The summed E-state index contributed by atoms with van der Waals surface area (Å²) in [4.78, 5) is 5.86. The Labute approximate surface area is 139 Å². The van der Waals surface area contributed by atoms with Gasteiger partial charge in [-0.25, -0.2) is 0 Å². The molecule has 0 amide bonds. The lowest BCUT2D eigenvalue weighted by atomic mass is 9.82. The molecule has 130 valence electrons. The van der Waals surface area contributed by atoms with Crippen LogP contribution in [0.3, 0.4) is 0 Å². The van der Waals surface area contributed by atoms with Gasteiger partial charge in [0.25, 0.3) is 0 Å². The van der Waals surface area contributed by atoms with Gasteiger partial charge in [0, 0.05) is 24.2 Å². The Morgan fingerprint density at radius 1 is 0.682 bits per heavy atom. The molecule has 1 saturated carbocycles. The minimum absolute atomic E-state index is 0.257. The van der Waals surface area contributed by atoms with E-state index in [-0.39, 0.29) is 11.1 Å². The third-order valence-corrected chi connectivity index (χ3v) is 6.98. The summed E-state index contributed by atoms with van der Waals surface area (Å²) in [6.07, 6.45) is 12.3. The first-order valence-corrected chi connectivity index (χ1v) is 9.90. The van der Waals surface area contributed by atoms with E-state index in [0.29, 0.717) is 5.66 Å². The predicted octanol–water partition coefficient (Wildman–Crippen LogP) is 5.42. The van der Waals surface area contributed by atoms with E-state index in [9.17, 15) is 0 Å². The molecular formula is C20H40N2. The molecule has 1 aliphatic heterocycles. The van der Waals surface area contributed by atoms with Crippen LogP contribution in [0.4, 0.5) is 0 Å². The highest BCUT2D eigenvalue weighted by Gasteiger charge is 2.63. The lowest BCUT2D eigenvalue weighted by molar-refractivity contribution is -0.0491. The first kappa shape index (κ1) is 18.3. The fourth-order valence-electron chi connectivity index (χ4n) is 5.11. The van der Waals surface area contributed by atoms with E-state index < -0.39 is 0 Å². The SMILES string of the molecule is CCCCN1C2(CCCCC2)N(CCCC)C(C)(C)C1(C)C. The van der Waals surface area contributed by atoms with Crippen LogP contribution in [-0.2, 0) is 0 Å². The lowest BCUT2D eigenvalue weighted by Gasteiger charge is -2.49. The zero-order valence-electron chi connectivity index (χ0n) is 16.2. The number of hydrogen-bond acceptors (Lipinski definition) is 2. The van der Waals surface area contributed by atoms with Crippen LogP contribution in [0.15, 0.2) is 0 Å². The molecule has 0 N–H and O–H groups in total. The van der Waals surface area contributed by atoms with Crippen LogP contribution in [0.1, 0.15) is 99.3 Å². The fourth-order valence-corrected chi connectivity index (χ4v) is 5.11. The van der Waals surface area contributed by atoms with Crippen molar-refractivity contribution >= 4 is 0 Å². The third kappa shape index (κ3) is 2.75. The molecule has 0 aromatic rings. The van der Waals surface area contributed by atoms with Crippen molar-refractivity contribution in [2.24, 2.45) is 0 Å². The molecule has 2 fully saturated rings. The molecule has 0 unspecified atom stereocenters. The highest BCUT2D eigenvalue weighted by Crippen LogP contribution is 2.54. The van der Waals surface area contributed by atoms with Gasteiger partial charge >= 0.3 is 0 Å². The fraction of sp³-hybridized carbons (Fsp3) is 1.00. The van der Waals surface area contributed by atoms with Gasteiger partial charge < -0.3 is 0 Å². The Kier molecular flexibility index (Phi) is 5.65. The lowest BCUT2D eigenvalue weighted by Crippen LogP contribution is -2.57. The molecule has 0 bridgehead atoms. The molecule has 1 aliphatic carbocycles. The topological polar surface area (TPSA) is 6.48 Å². The molecule has 1 spiro atoms. The second-order valence-electron chi connectivity index (χ2n) is 8.67. The first-order valence-electron chi connectivity index (χ1n) is 9.90. The highest BCUT2D eigenvalue weighted by atomic mass is 15.5. The molecule has 0 aromatic heterocycles. The summed E-state index contributed by atoms with van der Waals surface area (Å²) in [5.74, 6) is 0. The van der Waals surface area contributed by atoms with Crippen molar-refractivity contribution in [3.05, 3.63) is 0 Å². The summed E-state index contributed by atoms with van der Waals surface area (Å²) < 4.78 is 0. The largest absolute Gasteiger partial charge is 0.278 e. The van der Waals surface area contributed by atoms with E-state index in [1.165, 1.54) is 70.9 Å². The van der Waals surface area contributed by atoms with E-state index in [1.54, 1.807) is 0 Å². The number of unbranched alkanes of at least 4 members (excludes halogenated alkanes) is 2. The highest BCUT2D eigenvalue weighted by molar-refractivity contribution is 5.17. The van der Waals surface area contributed by atoms with E-state index in [2.05, 4.69) is 51.3 Å². The van der Waals surface area contributed by atoms with Gasteiger partial charge in [-0.05, 0) is 53.4 Å². The Balaban J connectivity index is 2.39. The summed E-state index contributed by atoms with van der Waals surface area (Å²) >= 11 is 0. The first-order chi connectivity index (χ1) is 10.3. The van der Waals surface area contributed by atoms with Gasteiger partial charge in [0.1, 0.15) is 0 Å². The second-order valence-corrected chi connectivity index (χ2v) is 8.67. The van der Waals surface area contributed by atoms with E-state index >= 15 is 0 Å². The summed E-state index contributed by atoms with van der Waals surface area (Å²) in [5.41, 5.74) is 0.857. The maximum atomic E-state index is 2.93. The zero-order valence-corrected chi connectivity index (χ0v) is 16.2. The molecule has 0 radical (unpaired) electrons. The molecule has 0 aromatic carbocycles. The Morgan fingerprint density at radius 3 is 1.45 bits per heavy atom. The van der Waals surface area contributed by atoms with Crippen LogP contribution >= 0.6 is 0 Å². The van der Waals surface area contributed by atoms with Crippen molar-refractivity contribution in [2.45, 2.75) is 116 Å². The van der Waals surface area contributed by atoms with Crippen LogP contribution in [0.5, 0.6) is 0 Å². The molecule has 2 nitrogen and oxygen atoms in total. The molecule has 2 heteroatoms. The molecule has 2 aliphatic rings. The van der Waals surface area contributed by atoms with E-state index in [4.69, 9.17) is 0 Å². The summed E-state index contributed by atoms with van der Waals surface area (Å²) in [6, 6.07) is 0. The van der Waals surface area contributed by atoms with Gasteiger partial charge in [0.15, 0.2) is 0 Å². The quantitative estimate of drug-likeness (QED) is 0.646. The number of nitrogens with zero attached hydrogens (tertiary/aromatic N) is 2. The maximum Gasteiger partial charge on any atom is 0.0747 e. The number of rotatable bonds is 6. The smallest absolute Gasteiger partial charge is 0.0747 e. The van der Waals surface area contributed by atoms with Crippen LogP contribution in [0, 0.1) is 0 Å². The van der Waals surface area contributed by atoms with E-state index in [1.807, 2.05) is 0 Å². The maximum absolute atomic E-state index is 2.93. The zero-order chi connectivity index (χ0) is 16.4. The monoisotopic (exact) mass is 308 g/mol. The van der Waals surface area contributed by atoms with Crippen molar-refractivity contribution in [1.82, 2.24) is 9.80 Å². The summed E-state index contributed by atoms with van der Waals surface area (Å²) in [6.45, 7) is 17.2. The van der Waals surface area contributed by atoms with Crippen molar-refractivity contribution in [1.29, 1.82) is 0 Å². The standard InChI is InChI=1S/C20H40N2/c1-7-9-16-21-18(3,4)19(5,6)22(17-10-8-2)20(21)14-12-11-13-15-20/h7-17H2,1-6H3. The van der Waals surface area contributed by atoms with Crippen LogP contribution in [0.2, 0.25) is 0 Å². The molecular weight excluding hydrogens is 268 g/mol. The minimum Gasteiger partial charge on any atom is -0.278 e. The molecule has 0 atom stereocenters. The predicted molar refractivity (Wildman–Crippen MR) is 97.2 cm³/mol. The number of hydrogen-bond donors (Lipinski definition) is 0. The van der Waals surface area contributed by atoms with Crippen molar-refractivity contribution in [3.63, 3.8) is 0 Å². The average molecular weight is 309 g/mol. The average Bonchev–Trinajstić information content (AvgIpc) is 2.58. The van der Waals surface area contributed by atoms with Gasteiger partial charge in [-0.15, -0.1) is 0 Å². The van der Waals surface area contributed by atoms with Gasteiger partial charge in [0.2, 0.25) is 0 Å². The minimum atomic E-state index is 0.257. The van der Waals surface area contributed by atoms with E-state index in [0.717, 1.165) is 0 Å². The van der Waals surface area contributed by atoms with Gasteiger partial charge in [-0.3, -0.25) is 9.80 Å². The Hall–Kier alpha value is -0.0800.